The van der Waals surface area contributed by atoms with E-state index in [1.54, 1.807) is 6.07 Å². The van der Waals surface area contributed by atoms with Crippen molar-refractivity contribution in [3.63, 3.8) is 0 Å². The highest BCUT2D eigenvalue weighted by atomic mass is 19.1. The zero-order valence-corrected chi connectivity index (χ0v) is 16.4. The fourth-order valence-electron chi connectivity index (χ4n) is 3.59. The van der Waals surface area contributed by atoms with Crippen LogP contribution < -0.4 is 10.8 Å². The van der Waals surface area contributed by atoms with Gasteiger partial charge in [0.2, 0.25) is 5.91 Å². The number of anilines is 1. The van der Waals surface area contributed by atoms with Crippen LogP contribution in [-0.4, -0.2) is 24.2 Å². The third-order valence-corrected chi connectivity index (χ3v) is 6.08. The molecule has 142 valence electrons. The number of halogens is 1. The van der Waals surface area contributed by atoms with Crippen molar-refractivity contribution in [3.05, 3.63) is 23.5 Å². The van der Waals surface area contributed by atoms with Crippen LogP contribution in [0.15, 0.2) is 12.1 Å². The van der Waals surface area contributed by atoms with E-state index < -0.39 is 24.1 Å². The number of nitrogens with one attached hydrogen (secondary N) is 1. The Morgan fingerprint density at radius 2 is 1.69 bits per heavy atom. The smallest absolute Gasteiger partial charge is 0.399 e. The van der Waals surface area contributed by atoms with E-state index >= 15 is 0 Å². The van der Waals surface area contributed by atoms with Gasteiger partial charge < -0.3 is 14.6 Å². The summed E-state index contributed by atoms with van der Waals surface area (Å²) in [6.45, 7) is 9.63. The van der Waals surface area contributed by atoms with Gasteiger partial charge >= 0.3 is 7.12 Å². The molecular formula is C20H29BFNO3. The van der Waals surface area contributed by atoms with Gasteiger partial charge in [-0.15, -0.1) is 0 Å². The number of carbonyl (C=O) groups excluding carboxylic acids is 1. The summed E-state index contributed by atoms with van der Waals surface area (Å²) in [5, 5.41) is 2.91. The maximum atomic E-state index is 14.8. The Morgan fingerprint density at radius 1 is 1.12 bits per heavy atom. The van der Waals surface area contributed by atoms with Crippen molar-refractivity contribution in [3.8, 4) is 0 Å². The molecule has 6 heteroatoms. The summed E-state index contributed by atoms with van der Waals surface area (Å²) in [4.78, 5) is 12.5. The molecular weight excluding hydrogens is 332 g/mol. The molecule has 26 heavy (non-hydrogen) atoms. The molecule has 0 bridgehead atoms. The molecule has 2 fully saturated rings. The molecule has 1 heterocycles. The van der Waals surface area contributed by atoms with Crippen LogP contribution in [0, 0.1) is 18.7 Å². The zero-order valence-electron chi connectivity index (χ0n) is 16.4. The van der Waals surface area contributed by atoms with E-state index in [9.17, 15) is 9.18 Å². The van der Waals surface area contributed by atoms with Crippen molar-refractivity contribution in [2.24, 2.45) is 5.92 Å². The quantitative estimate of drug-likeness (QED) is 0.830. The Labute approximate surface area is 156 Å². The van der Waals surface area contributed by atoms with Gasteiger partial charge in [0.1, 0.15) is 5.82 Å². The number of carbonyl (C=O) groups is 1. The lowest BCUT2D eigenvalue weighted by Crippen LogP contribution is -2.41. The molecule has 2 aliphatic rings. The number of benzene rings is 1. The minimum absolute atomic E-state index is 0.00409. The van der Waals surface area contributed by atoms with Gasteiger partial charge in [0.15, 0.2) is 0 Å². The normalized spacial score (nSPS) is 22.5. The Kier molecular flexibility index (Phi) is 5.19. The molecule has 0 atom stereocenters. The van der Waals surface area contributed by atoms with Crippen LogP contribution in [0.2, 0.25) is 0 Å². The molecule has 1 aromatic rings. The molecule has 1 saturated heterocycles. The van der Waals surface area contributed by atoms with E-state index in [1.807, 2.05) is 34.6 Å². The largest absolute Gasteiger partial charge is 0.497 e. The topological polar surface area (TPSA) is 47.6 Å². The van der Waals surface area contributed by atoms with E-state index in [1.165, 1.54) is 12.5 Å². The van der Waals surface area contributed by atoms with Crippen molar-refractivity contribution in [2.75, 3.05) is 5.32 Å². The van der Waals surface area contributed by atoms with Gasteiger partial charge in [0, 0.05) is 17.1 Å². The van der Waals surface area contributed by atoms with Gasteiger partial charge in [0.05, 0.1) is 11.2 Å². The molecule has 1 N–H and O–H groups in total. The lowest BCUT2D eigenvalue weighted by molar-refractivity contribution is -0.120. The van der Waals surface area contributed by atoms with E-state index in [2.05, 4.69) is 5.32 Å². The van der Waals surface area contributed by atoms with Crippen molar-refractivity contribution in [2.45, 2.75) is 77.9 Å². The number of hydrogen-bond acceptors (Lipinski definition) is 3. The first kappa shape index (κ1) is 19.4. The first-order valence-corrected chi connectivity index (χ1v) is 9.57. The molecule has 1 aliphatic heterocycles. The summed E-state index contributed by atoms with van der Waals surface area (Å²) < 4.78 is 26.7. The second-order valence-electron chi connectivity index (χ2n) is 8.60. The van der Waals surface area contributed by atoms with Crippen molar-refractivity contribution >= 4 is 24.2 Å². The molecule has 1 aromatic carbocycles. The van der Waals surface area contributed by atoms with E-state index in [0.717, 1.165) is 31.2 Å². The Balaban J connectivity index is 1.78. The highest BCUT2D eigenvalue weighted by Crippen LogP contribution is 2.37. The lowest BCUT2D eigenvalue weighted by Gasteiger charge is -2.32. The van der Waals surface area contributed by atoms with Crippen LogP contribution in [0.5, 0.6) is 0 Å². The fourth-order valence-corrected chi connectivity index (χ4v) is 3.59. The SMILES string of the molecule is Cc1cc(B2OC(C)(C)C(C)(C)O2)c(F)cc1NC(=O)C1CCCCC1. The molecule has 4 nitrogen and oxygen atoms in total. The number of aryl methyl sites for hydroxylation is 1. The van der Waals surface area contributed by atoms with Gasteiger partial charge in [-0.25, -0.2) is 4.39 Å². The molecule has 1 amide bonds. The minimum atomic E-state index is -0.748. The van der Waals surface area contributed by atoms with Crippen molar-refractivity contribution in [1.82, 2.24) is 0 Å². The van der Waals surface area contributed by atoms with Crippen molar-refractivity contribution in [1.29, 1.82) is 0 Å². The summed E-state index contributed by atoms with van der Waals surface area (Å²) in [5.74, 6) is -0.391. The molecule has 1 aliphatic carbocycles. The number of rotatable bonds is 3. The van der Waals surface area contributed by atoms with Crippen LogP contribution in [0.25, 0.3) is 0 Å². The number of amides is 1. The predicted molar refractivity (Wildman–Crippen MR) is 102 cm³/mol. The molecule has 0 unspecified atom stereocenters. The van der Waals surface area contributed by atoms with Gasteiger partial charge in [-0.2, -0.15) is 0 Å². The molecule has 0 spiro atoms. The van der Waals surface area contributed by atoms with Gasteiger partial charge in [0.25, 0.3) is 0 Å². The summed E-state index contributed by atoms with van der Waals surface area (Å²) in [6.07, 6.45) is 5.21. The van der Waals surface area contributed by atoms with E-state index in [4.69, 9.17) is 9.31 Å². The summed E-state index contributed by atoms with van der Waals surface area (Å²) in [5.41, 5.74) is 0.660. The Hall–Kier alpha value is -1.40. The van der Waals surface area contributed by atoms with Crippen LogP contribution >= 0.6 is 0 Å². The predicted octanol–water partition coefficient (Wildman–Crippen LogP) is 3.95. The monoisotopic (exact) mass is 361 g/mol. The van der Waals surface area contributed by atoms with Gasteiger partial charge in [-0.3, -0.25) is 4.79 Å². The van der Waals surface area contributed by atoms with Gasteiger partial charge in [-0.05, 0) is 59.1 Å². The lowest BCUT2D eigenvalue weighted by atomic mass is 9.77. The van der Waals surface area contributed by atoms with Crippen LogP contribution in [0.3, 0.4) is 0 Å². The molecule has 0 aromatic heterocycles. The summed E-state index contributed by atoms with van der Waals surface area (Å²) in [6, 6.07) is 3.10. The maximum Gasteiger partial charge on any atom is 0.497 e. The Morgan fingerprint density at radius 3 is 2.27 bits per heavy atom. The zero-order chi connectivity index (χ0) is 19.1. The molecule has 3 rings (SSSR count). The molecule has 1 saturated carbocycles. The standard InChI is InChI=1S/C20H29BFNO3/c1-13-11-15(21-25-19(2,3)20(4,5)26-21)16(22)12-17(13)23-18(24)14-9-7-6-8-10-14/h11-12,14H,6-10H2,1-5H3,(H,23,24). The van der Waals surface area contributed by atoms with Crippen LogP contribution in [-0.2, 0) is 14.1 Å². The van der Waals surface area contributed by atoms with Crippen molar-refractivity contribution < 1.29 is 18.5 Å². The summed E-state index contributed by atoms with van der Waals surface area (Å²) >= 11 is 0. The second-order valence-corrected chi connectivity index (χ2v) is 8.60. The Bertz CT molecular complexity index is 683. The average Bonchev–Trinajstić information content (AvgIpc) is 2.79. The first-order chi connectivity index (χ1) is 12.1. The van der Waals surface area contributed by atoms with Crippen LogP contribution in [0.4, 0.5) is 10.1 Å². The third kappa shape index (κ3) is 3.67. The highest BCUT2D eigenvalue weighted by Gasteiger charge is 2.52. The molecule has 0 radical (unpaired) electrons. The second kappa shape index (κ2) is 6.97. The van der Waals surface area contributed by atoms with E-state index in [-0.39, 0.29) is 11.8 Å². The highest BCUT2D eigenvalue weighted by molar-refractivity contribution is 6.62. The maximum absolute atomic E-state index is 14.8. The number of hydrogen-bond donors (Lipinski definition) is 1. The minimum Gasteiger partial charge on any atom is -0.399 e. The summed E-state index contributed by atoms with van der Waals surface area (Å²) in [7, 11) is -0.748. The van der Waals surface area contributed by atoms with Crippen LogP contribution in [0.1, 0.15) is 65.4 Å². The fraction of sp³-hybridized carbons (Fsp3) is 0.650. The van der Waals surface area contributed by atoms with E-state index in [0.29, 0.717) is 11.2 Å². The van der Waals surface area contributed by atoms with Gasteiger partial charge in [-0.1, -0.05) is 25.3 Å². The average molecular weight is 361 g/mol. The first-order valence-electron chi connectivity index (χ1n) is 9.57. The third-order valence-electron chi connectivity index (χ3n) is 6.08.